The molecule has 0 aliphatic heterocycles. The normalized spacial score (nSPS) is 10.1. The number of carbonyl (C=O) groups is 1. The lowest BCUT2D eigenvalue weighted by molar-refractivity contribution is 0.0592. The number of ether oxygens (including phenoxy) is 2. The summed E-state index contributed by atoms with van der Waals surface area (Å²) in [7, 11) is 1.28. The van der Waals surface area contributed by atoms with Gasteiger partial charge in [-0.2, -0.15) is 4.98 Å². The van der Waals surface area contributed by atoms with Crippen LogP contribution in [0.2, 0.25) is 0 Å². The SMILES string of the molecule is COC(=O)c1cnc(N)nc1OC(C)C. The monoisotopic (exact) mass is 211 g/mol. The molecule has 0 amide bonds. The molecule has 0 aliphatic rings. The first-order valence-electron chi connectivity index (χ1n) is 4.42. The fourth-order valence-electron chi connectivity index (χ4n) is 0.942. The number of hydrogen-bond acceptors (Lipinski definition) is 6. The van der Waals surface area contributed by atoms with Crippen molar-refractivity contribution in [1.29, 1.82) is 0 Å². The Kier molecular flexibility index (Phi) is 3.43. The first kappa shape index (κ1) is 11.2. The molecule has 0 radical (unpaired) electrons. The molecule has 6 heteroatoms. The fraction of sp³-hybridized carbons (Fsp3) is 0.444. The summed E-state index contributed by atoms with van der Waals surface area (Å²) in [6, 6.07) is 0. The van der Waals surface area contributed by atoms with E-state index in [9.17, 15) is 4.79 Å². The molecule has 0 saturated heterocycles. The Hall–Kier alpha value is -1.85. The van der Waals surface area contributed by atoms with Crippen molar-refractivity contribution in [3.8, 4) is 5.88 Å². The van der Waals surface area contributed by atoms with Gasteiger partial charge in [0.25, 0.3) is 0 Å². The quantitative estimate of drug-likeness (QED) is 0.738. The summed E-state index contributed by atoms with van der Waals surface area (Å²) in [6.07, 6.45) is 1.18. The lowest BCUT2D eigenvalue weighted by Crippen LogP contribution is -2.14. The van der Waals surface area contributed by atoms with Crippen LogP contribution in [0.4, 0.5) is 5.95 Å². The Morgan fingerprint density at radius 3 is 2.73 bits per heavy atom. The van der Waals surface area contributed by atoms with E-state index in [0.29, 0.717) is 0 Å². The molecule has 0 fully saturated rings. The van der Waals surface area contributed by atoms with Gasteiger partial charge < -0.3 is 15.2 Å². The van der Waals surface area contributed by atoms with Gasteiger partial charge in [0.2, 0.25) is 11.8 Å². The number of nitrogens with zero attached hydrogens (tertiary/aromatic N) is 2. The van der Waals surface area contributed by atoms with Crippen LogP contribution >= 0.6 is 0 Å². The second-order valence-electron chi connectivity index (χ2n) is 3.11. The van der Waals surface area contributed by atoms with E-state index < -0.39 is 5.97 Å². The highest BCUT2D eigenvalue weighted by Crippen LogP contribution is 2.17. The first-order chi connectivity index (χ1) is 7.04. The molecule has 0 aromatic carbocycles. The highest BCUT2D eigenvalue weighted by Gasteiger charge is 2.16. The lowest BCUT2D eigenvalue weighted by atomic mass is 10.3. The van der Waals surface area contributed by atoms with Gasteiger partial charge in [0, 0.05) is 0 Å². The van der Waals surface area contributed by atoms with Crippen LogP contribution < -0.4 is 10.5 Å². The third-order valence-corrected chi connectivity index (χ3v) is 1.53. The Morgan fingerprint density at radius 2 is 2.20 bits per heavy atom. The van der Waals surface area contributed by atoms with Crippen molar-refractivity contribution in [3.63, 3.8) is 0 Å². The Morgan fingerprint density at radius 1 is 1.53 bits per heavy atom. The van der Waals surface area contributed by atoms with E-state index in [0.717, 1.165) is 0 Å². The number of nitrogens with two attached hydrogens (primary N) is 1. The van der Waals surface area contributed by atoms with Crippen LogP contribution in [0, 0.1) is 0 Å². The standard InChI is InChI=1S/C9H13N3O3/c1-5(2)15-7-6(8(13)14-3)4-11-9(10)12-7/h4-5H,1-3H3,(H2,10,11,12). The number of hydrogen-bond donors (Lipinski definition) is 1. The van der Waals surface area contributed by atoms with Crippen molar-refractivity contribution in [2.45, 2.75) is 20.0 Å². The summed E-state index contributed by atoms with van der Waals surface area (Å²) in [6.45, 7) is 3.64. The summed E-state index contributed by atoms with van der Waals surface area (Å²) in [5.41, 5.74) is 5.56. The molecule has 82 valence electrons. The zero-order valence-electron chi connectivity index (χ0n) is 8.85. The topological polar surface area (TPSA) is 87.3 Å². The molecule has 0 spiro atoms. The van der Waals surface area contributed by atoms with Crippen LogP contribution in [0.1, 0.15) is 24.2 Å². The zero-order chi connectivity index (χ0) is 11.4. The molecule has 1 aromatic heterocycles. The second kappa shape index (κ2) is 4.59. The molecular formula is C9H13N3O3. The van der Waals surface area contributed by atoms with Crippen LogP contribution in [0.25, 0.3) is 0 Å². The molecule has 1 rings (SSSR count). The van der Waals surface area contributed by atoms with Crippen molar-refractivity contribution in [3.05, 3.63) is 11.8 Å². The minimum Gasteiger partial charge on any atom is -0.474 e. The van der Waals surface area contributed by atoms with Gasteiger partial charge in [-0.25, -0.2) is 9.78 Å². The molecule has 15 heavy (non-hydrogen) atoms. The third-order valence-electron chi connectivity index (χ3n) is 1.53. The first-order valence-corrected chi connectivity index (χ1v) is 4.42. The van der Waals surface area contributed by atoms with Gasteiger partial charge in [0.1, 0.15) is 5.56 Å². The molecule has 0 atom stereocenters. The Balaban J connectivity index is 3.08. The largest absolute Gasteiger partial charge is 0.474 e. The van der Waals surface area contributed by atoms with Gasteiger partial charge >= 0.3 is 5.97 Å². The molecule has 1 heterocycles. The molecule has 2 N–H and O–H groups in total. The Bertz CT molecular complexity index is 366. The van der Waals surface area contributed by atoms with Crippen LogP contribution in [-0.4, -0.2) is 29.2 Å². The van der Waals surface area contributed by atoms with Crippen molar-refractivity contribution in [2.24, 2.45) is 0 Å². The van der Waals surface area contributed by atoms with E-state index in [-0.39, 0.29) is 23.5 Å². The molecule has 0 bridgehead atoms. The average molecular weight is 211 g/mol. The molecule has 0 unspecified atom stereocenters. The van der Waals surface area contributed by atoms with Gasteiger partial charge in [-0.15, -0.1) is 0 Å². The summed E-state index contributed by atoms with van der Waals surface area (Å²) in [5, 5.41) is 0. The van der Waals surface area contributed by atoms with Gasteiger partial charge in [-0.1, -0.05) is 0 Å². The average Bonchev–Trinajstić information content (AvgIpc) is 2.16. The number of nitrogen functional groups attached to an aromatic ring is 1. The third kappa shape index (κ3) is 2.80. The maximum atomic E-state index is 11.3. The number of anilines is 1. The van der Waals surface area contributed by atoms with E-state index in [2.05, 4.69) is 14.7 Å². The van der Waals surface area contributed by atoms with Crippen molar-refractivity contribution in [2.75, 3.05) is 12.8 Å². The number of methoxy groups -OCH3 is 1. The molecule has 6 nitrogen and oxygen atoms in total. The molecular weight excluding hydrogens is 198 g/mol. The van der Waals surface area contributed by atoms with E-state index in [1.807, 2.05) is 13.8 Å². The molecule has 1 aromatic rings. The van der Waals surface area contributed by atoms with E-state index in [1.54, 1.807) is 0 Å². The number of esters is 1. The van der Waals surface area contributed by atoms with Crippen LogP contribution in [-0.2, 0) is 4.74 Å². The maximum absolute atomic E-state index is 11.3. The van der Waals surface area contributed by atoms with E-state index in [1.165, 1.54) is 13.3 Å². The fourth-order valence-corrected chi connectivity index (χ4v) is 0.942. The van der Waals surface area contributed by atoms with Crippen LogP contribution in [0.5, 0.6) is 5.88 Å². The Labute approximate surface area is 87.4 Å². The van der Waals surface area contributed by atoms with Gasteiger partial charge in [-0.05, 0) is 13.8 Å². The summed E-state index contributed by atoms with van der Waals surface area (Å²) >= 11 is 0. The predicted molar refractivity (Wildman–Crippen MR) is 53.5 cm³/mol. The highest BCUT2D eigenvalue weighted by molar-refractivity contribution is 5.91. The maximum Gasteiger partial charge on any atom is 0.344 e. The minimum absolute atomic E-state index is 0.0540. The summed E-state index contributed by atoms with van der Waals surface area (Å²) < 4.78 is 9.88. The number of aromatic nitrogens is 2. The highest BCUT2D eigenvalue weighted by atomic mass is 16.5. The zero-order valence-corrected chi connectivity index (χ0v) is 8.85. The summed E-state index contributed by atoms with van der Waals surface area (Å²) in [4.78, 5) is 18.8. The van der Waals surface area contributed by atoms with Crippen molar-refractivity contribution < 1.29 is 14.3 Å². The van der Waals surface area contributed by atoms with Crippen molar-refractivity contribution >= 4 is 11.9 Å². The van der Waals surface area contributed by atoms with Crippen LogP contribution in [0.3, 0.4) is 0 Å². The summed E-state index contributed by atoms with van der Waals surface area (Å²) in [5.74, 6) is -0.353. The smallest absolute Gasteiger partial charge is 0.344 e. The van der Waals surface area contributed by atoms with Gasteiger partial charge in [-0.3, -0.25) is 0 Å². The minimum atomic E-state index is -0.550. The number of carbonyl (C=O) groups excluding carboxylic acids is 1. The molecule has 0 saturated carbocycles. The lowest BCUT2D eigenvalue weighted by Gasteiger charge is -2.11. The molecule has 0 aliphatic carbocycles. The second-order valence-corrected chi connectivity index (χ2v) is 3.11. The van der Waals surface area contributed by atoms with Gasteiger partial charge in [0.05, 0.1) is 19.4 Å². The van der Waals surface area contributed by atoms with Crippen LogP contribution in [0.15, 0.2) is 6.20 Å². The van der Waals surface area contributed by atoms with Crippen molar-refractivity contribution in [1.82, 2.24) is 9.97 Å². The van der Waals surface area contributed by atoms with Gasteiger partial charge in [0.15, 0.2) is 0 Å². The predicted octanol–water partition coefficient (Wildman–Crippen LogP) is 0.633. The van der Waals surface area contributed by atoms with E-state index in [4.69, 9.17) is 10.5 Å². The number of rotatable bonds is 3. The van der Waals surface area contributed by atoms with E-state index >= 15 is 0 Å².